The number of hydrogen-bond donors (Lipinski definition) is 3. The van der Waals surface area contributed by atoms with Crippen LogP contribution in [0, 0.1) is 0 Å². The smallest absolute Gasteiger partial charge is 0.272 e. The number of carbonyl (C=O) groups is 1. The first-order valence-electron chi connectivity index (χ1n) is 7.76. The normalized spacial score (nSPS) is 13.4. The van der Waals surface area contributed by atoms with Gasteiger partial charge in [-0.3, -0.25) is 9.89 Å². The van der Waals surface area contributed by atoms with Crippen LogP contribution in [0.1, 0.15) is 35.5 Å². The number of nitrogens with zero attached hydrogens (tertiary/aromatic N) is 1. The minimum atomic E-state index is -0.626. The highest BCUT2D eigenvalue weighted by Gasteiger charge is 2.17. The molecule has 0 spiro atoms. The van der Waals surface area contributed by atoms with Gasteiger partial charge in [0.05, 0.1) is 12.4 Å². The molecule has 0 aliphatic rings. The van der Waals surface area contributed by atoms with Crippen LogP contribution < -0.4 is 5.32 Å². The van der Waals surface area contributed by atoms with Gasteiger partial charge in [-0.05, 0) is 31.0 Å². The lowest BCUT2D eigenvalue weighted by Crippen LogP contribution is -2.34. The highest BCUT2D eigenvalue weighted by atomic mass is 16.3. The average Bonchev–Trinajstić information content (AvgIpc) is 3.26. The van der Waals surface area contributed by atoms with E-state index in [2.05, 4.69) is 15.5 Å². The Morgan fingerprint density at radius 3 is 2.79 bits per heavy atom. The maximum atomic E-state index is 12.3. The first-order chi connectivity index (χ1) is 11.6. The lowest BCUT2D eigenvalue weighted by atomic mass is 10.0. The first-order valence-corrected chi connectivity index (χ1v) is 7.76. The second kappa shape index (κ2) is 7.14. The number of carbonyl (C=O) groups excluding carboxylic acids is 1. The predicted octanol–water partition coefficient (Wildman–Crippen LogP) is 2.91. The van der Waals surface area contributed by atoms with E-state index in [4.69, 9.17) is 4.42 Å². The Balaban J connectivity index is 1.58. The number of aliphatic hydroxyl groups excluding tert-OH is 1. The summed E-state index contributed by atoms with van der Waals surface area (Å²) in [6, 6.07) is 14.4. The number of nitrogens with one attached hydrogen (secondary N) is 2. The molecule has 3 rings (SSSR count). The van der Waals surface area contributed by atoms with E-state index in [-0.39, 0.29) is 17.6 Å². The van der Waals surface area contributed by atoms with Gasteiger partial charge in [0.1, 0.15) is 5.69 Å². The molecule has 1 aromatic carbocycles. The molecule has 0 saturated heterocycles. The molecule has 3 aromatic rings. The van der Waals surface area contributed by atoms with Crippen LogP contribution >= 0.6 is 0 Å². The Hall–Kier alpha value is -2.86. The van der Waals surface area contributed by atoms with Crippen LogP contribution in [0.25, 0.3) is 11.5 Å². The third-order valence-electron chi connectivity index (χ3n) is 3.74. The molecular formula is C18H19N3O3. The number of aliphatic hydroxyl groups is 1. The highest BCUT2D eigenvalue weighted by molar-refractivity contribution is 5.93. The van der Waals surface area contributed by atoms with E-state index in [1.807, 2.05) is 37.3 Å². The fourth-order valence-electron chi connectivity index (χ4n) is 2.50. The molecule has 0 radical (unpaired) electrons. The van der Waals surface area contributed by atoms with Gasteiger partial charge in [0.2, 0.25) is 0 Å². The third kappa shape index (κ3) is 3.72. The van der Waals surface area contributed by atoms with Crippen LogP contribution in [0.15, 0.2) is 59.2 Å². The zero-order valence-electron chi connectivity index (χ0n) is 13.3. The molecule has 1 amide bonds. The van der Waals surface area contributed by atoms with Gasteiger partial charge in [-0.2, -0.15) is 5.10 Å². The summed E-state index contributed by atoms with van der Waals surface area (Å²) >= 11 is 0. The number of H-pyrrole nitrogens is 1. The molecule has 2 heterocycles. The molecule has 24 heavy (non-hydrogen) atoms. The van der Waals surface area contributed by atoms with Crippen LogP contribution in [-0.4, -0.2) is 27.3 Å². The summed E-state index contributed by atoms with van der Waals surface area (Å²) in [5.74, 6) is 0.325. The zero-order chi connectivity index (χ0) is 16.9. The van der Waals surface area contributed by atoms with Crippen LogP contribution in [0.5, 0.6) is 0 Å². The van der Waals surface area contributed by atoms with Crippen molar-refractivity contribution in [2.45, 2.75) is 25.5 Å². The Kier molecular flexibility index (Phi) is 4.77. The SMILES string of the molecule is CC(CC(O)c1ccccc1)NC(=O)c1cc(-c2ccco2)[nH]n1. The number of hydrogen-bond acceptors (Lipinski definition) is 4. The molecule has 6 heteroatoms. The lowest BCUT2D eigenvalue weighted by Gasteiger charge is -2.17. The van der Waals surface area contributed by atoms with Gasteiger partial charge in [-0.15, -0.1) is 0 Å². The largest absolute Gasteiger partial charge is 0.463 e. The third-order valence-corrected chi connectivity index (χ3v) is 3.74. The van der Waals surface area contributed by atoms with Crippen molar-refractivity contribution in [2.75, 3.05) is 0 Å². The number of aromatic nitrogens is 2. The molecule has 3 N–H and O–H groups in total. The molecular weight excluding hydrogens is 306 g/mol. The second-order valence-electron chi connectivity index (χ2n) is 5.68. The molecule has 0 aliphatic heterocycles. The summed E-state index contributed by atoms with van der Waals surface area (Å²) in [6.45, 7) is 1.85. The Morgan fingerprint density at radius 1 is 1.29 bits per heavy atom. The van der Waals surface area contributed by atoms with E-state index < -0.39 is 6.10 Å². The minimum absolute atomic E-state index is 0.198. The van der Waals surface area contributed by atoms with Crippen molar-refractivity contribution in [1.29, 1.82) is 0 Å². The number of furan rings is 1. The number of amides is 1. The van der Waals surface area contributed by atoms with E-state index in [0.29, 0.717) is 17.9 Å². The Morgan fingerprint density at radius 2 is 2.08 bits per heavy atom. The number of rotatable bonds is 6. The summed E-state index contributed by atoms with van der Waals surface area (Å²) in [5.41, 5.74) is 1.75. The Labute approximate surface area is 139 Å². The Bertz CT molecular complexity index is 781. The number of benzene rings is 1. The van der Waals surface area contributed by atoms with E-state index in [1.165, 1.54) is 0 Å². The van der Waals surface area contributed by atoms with E-state index in [1.54, 1.807) is 24.5 Å². The van der Waals surface area contributed by atoms with E-state index in [9.17, 15) is 9.90 Å². The molecule has 2 aromatic heterocycles. The van der Waals surface area contributed by atoms with Crippen molar-refractivity contribution in [2.24, 2.45) is 0 Å². The fraction of sp³-hybridized carbons (Fsp3) is 0.222. The van der Waals surface area contributed by atoms with Gasteiger partial charge in [-0.25, -0.2) is 0 Å². The molecule has 0 aliphatic carbocycles. The second-order valence-corrected chi connectivity index (χ2v) is 5.68. The van der Waals surface area contributed by atoms with E-state index >= 15 is 0 Å². The van der Waals surface area contributed by atoms with Gasteiger partial charge >= 0.3 is 0 Å². The summed E-state index contributed by atoms with van der Waals surface area (Å²) in [5, 5.41) is 19.8. The quantitative estimate of drug-likeness (QED) is 0.650. The number of aromatic amines is 1. The van der Waals surface area contributed by atoms with Gasteiger partial charge < -0.3 is 14.8 Å². The van der Waals surface area contributed by atoms with Gasteiger partial charge in [0, 0.05) is 12.1 Å². The van der Waals surface area contributed by atoms with Gasteiger partial charge in [0.25, 0.3) is 5.91 Å². The average molecular weight is 325 g/mol. The van der Waals surface area contributed by atoms with Crippen molar-refractivity contribution in [1.82, 2.24) is 15.5 Å². The summed E-state index contributed by atoms with van der Waals surface area (Å²) in [7, 11) is 0. The molecule has 2 atom stereocenters. The van der Waals surface area contributed by atoms with Crippen LogP contribution in [0.4, 0.5) is 0 Å². The minimum Gasteiger partial charge on any atom is -0.463 e. The van der Waals surface area contributed by atoms with E-state index in [0.717, 1.165) is 5.56 Å². The van der Waals surface area contributed by atoms with Gasteiger partial charge in [-0.1, -0.05) is 30.3 Å². The molecule has 0 bridgehead atoms. The summed E-state index contributed by atoms with van der Waals surface area (Å²) in [4.78, 5) is 12.3. The fourth-order valence-corrected chi connectivity index (χ4v) is 2.50. The van der Waals surface area contributed by atoms with Crippen LogP contribution in [0.3, 0.4) is 0 Å². The maximum Gasteiger partial charge on any atom is 0.272 e. The monoisotopic (exact) mass is 325 g/mol. The molecule has 0 saturated carbocycles. The van der Waals surface area contributed by atoms with Crippen molar-refractivity contribution in [3.8, 4) is 11.5 Å². The first kappa shape index (κ1) is 16.0. The zero-order valence-corrected chi connectivity index (χ0v) is 13.3. The van der Waals surface area contributed by atoms with Crippen molar-refractivity contribution in [3.63, 3.8) is 0 Å². The highest BCUT2D eigenvalue weighted by Crippen LogP contribution is 2.19. The van der Waals surface area contributed by atoms with Crippen LogP contribution in [0.2, 0.25) is 0 Å². The molecule has 2 unspecified atom stereocenters. The molecule has 124 valence electrons. The summed E-state index contributed by atoms with van der Waals surface area (Å²) in [6.07, 6.45) is 1.35. The predicted molar refractivity (Wildman–Crippen MR) is 89.2 cm³/mol. The lowest BCUT2D eigenvalue weighted by molar-refractivity contribution is 0.0912. The standard InChI is InChI=1S/C18H19N3O3/c1-12(10-16(22)13-6-3-2-4-7-13)19-18(23)15-11-14(20-21-15)17-8-5-9-24-17/h2-9,11-12,16,22H,10H2,1H3,(H,19,23)(H,20,21). The van der Waals surface area contributed by atoms with Crippen LogP contribution in [-0.2, 0) is 0 Å². The maximum absolute atomic E-state index is 12.3. The van der Waals surface area contributed by atoms with Gasteiger partial charge in [0.15, 0.2) is 11.5 Å². The topological polar surface area (TPSA) is 91.1 Å². The van der Waals surface area contributed by atoms with Crippen molar-refractivity contribution in [3.05, 3.63) is 66.1 Å². The molecule has 0 fully saturated rings. The molecule has 6 nitrogen and oxygen atoms in total. The van der Waals surface area contributed by atoms with Crippen molar-refractivity contribution < 1.29 is 14.3 Å². The van der Waals surface area contributed by atoms with Crippen molar-refractivity contribution >= 4 is 5.91 Å². The summed E-state index contributed by atoms with van der Waals surface area (Å²) < 4.78 is 5.26.